The third-order valence-corrected chi connectivity index (χ3v) is 5.13. The standard InChI is InChI=1S/C14H20Br2N2O/c1-18(19,12-5-3-2-4-6-12)9-10-7-11(15)8-13(16)14(10)17/h7-8,12H,2-6,9,17H2,1H3. The van der Waals surface area contributed by atoms with Crippen LogP contribution in [0.5, 0.6) is 0 Å². The largest absolute Gasteiger partial charge is 0.633 e. The molecule has 0 saturated heterocycles. The van der Waals surface area contributed by atoms with Crippen molar-refractivity contribution >= 4 is 37.5 Å². The van der Waals surface area contributed by atoms with Crippen LogP contribution < -0.4 is 5.73 Å². The van der Waals surface area contributed by atoms with Crippen molar-refractivity contribution in [3.05, 3.63) is 31.8 Å². The number of nitrogens with two attached hydrogens (primary N) is 1. The molecule has 0 bridgehead atoms. The van der Waals surface area contributed by atoms with Crippen molar-refractivity contribution in [3.63, 3.8) is 0 Å². The zero-order valence-electron chi connectivity index (χ0n) is 11.2. The van der Waals surface area contributed by atoms with Crippen LogP contribution >= 0.6 is 31.9 Å². The fraction of sp³-hybridized carbons (Fsp3) is 0.571. The fourth-order valence-corrected chi connectivity index (χ4v) is 4.18. The molecule has 2 rings (SSSR count). The molecule has 1 aliphatic rings. The summed E-state index contributed by atoms with van der Waals surface area (Å²) in [7, 11) is 1.78. The Morgan fingerprint density at radius 3 is 2.53 bits per heavy atom. The van der Waals surface area contributed by atoms with Crippen LogP contribution in [-0.4, -0.2) is 17.7 Å². The van der Waals surface area contributed by atoms with Gasteiger partial charge in [-0.2, -0.15) is 0 Å². The molecule has 1 atom stereocenters. The molecule has 0 aromatic heterocycles. The minimum atomic E-state index is -0.215. The molecular formula is C14H20Br2N2O. The average Bonchev–Trinajstić information content (AvgIpc) is 2.36. The van der Waals surface area contributed by atoms with Gasteiger partial charge in [0.25, 0.3) is 0 Å². The normalized spacial score (nSPS) is 20.2. The maximum Gasteiger partial charge on any atom is 0.106 e. The molecule has 1 aliphatic carbocycles. The molecule has 1 unspecified atom stereocenters. The van der Waals surface area contributed by atoms with Crippen molar-refractivity contribution in [2.75, 3.05) is 12.8 Å². The van der Waals surface area contributed by atoms with Crippen LogP contribution in [0.1, 0.15) is 37.7 Å². The maximum absolute atomic E-state index is 12.9. The zero-order chi connectivity index (χ0) is 14.0. The Labute approximate surface area is 131 Å². The van der Waals surface area contributed by atoms with Gasteiger partial charge in [-0.25, -0.2) is 0 Å². The third kappa shape index (κ3) is 3.72. The summed E-state index contributed by atoms with van der Waals surface area (Å²) in [5.41, 5.74) is 7.67. The van der Waals surface area contributed by atoms with Gasteiger partial charge < -0.3 is 15.6 Å². The molecule has 0 radical (unpaired) electrons. The van der Waals surface area contributed by atoms with Gasteiger partial charge in [-0.3, -0.25) is 0 Å². The van der Waals surface area contributed by atoms with Gasteiger partial charge in [-0.15, -0.1) is 0 Å². The molecule has 1 aromatic carbocycles. The summed E-state index contributed by atoms with van der Waals surface area (Å²) >= 11 is 6.89. The second-order valence-corrected chi connectivity index (χ2v) is 7.35. The monoisotopic (exact) mass is 390 g/mol. The number of hydrogen-bond acceptors (Lipinski definition) is 2. The Morgan fingerprint density at radius 1 is 1.26 bits per heavy atom. The average molecular weight is 392 g/mol. The molecular weight excluding hydrogens is 372 g/mol. The Hall–Kier alpha value is -0.100. The molecule has 5 heteroatoms. The van der Waals surface area contributed by atoms with E-state index in [1.165, 1.54) is 19.3 Å². The molecule has 3 nitrogen and oxygen atoms in total. The predicted octanol–water partition coefficient (Wildman–Crippen LogP) is 4.57. The molecule has 0 heterocycles. The second kappa shape index (κ2) is 6.12. The van der Waals surface area contributed by atoms with Crippen LogP contribution in [0.3, 0.4) is 0 Å². The smallest absolute Gasteiger partial charge is 0.106 e. The highest BCUT2D eigenvalue weighted by molar-refractivity contribution is 9.11. The number of quaternary nitrogens is 1. The maximum atomic E-state index is 12.9. The first-order chi connectivity index (χ1) is 8.90. The highest BCUT2D eigenvalue weighted by Crippen LogP contribution is 2.33. The van der Waals surface area contributed by atoms with Crippen molar-refractivity contribution in [1.29, 1.82) is 0 Å². The molecule has 1 saturated carbocycles. The lowest BCUT2D eigenvalue weighted by molar-refractivity contribution is -0.901. The zero-order valence-corrected chi connectivity index (χ0v) is 14.3. The van der Waals surface area contributed by atoms with Gasteiger partial charge in [-0.1, -0.05) is 22.4 Å². The molecule has 106 valence electrons. The van der Waals surface area contributed by atoms with E-state index < -0.39 is 0 Å². The van der Waals surface area contributed by atoms with Crippen molar-refractivity contribution in [3.8, 4) is 0 Å². The summed E-state index contributed by atoms with van der Waals surface area (Å²) in [6, 6.07) is 4.08. The quantitative estimate of drug-likeness (QED) is 0.466. The minimum Gasteiger partial charge on any atom is -0.633 e. The molecule has 0 spiro atoms. The second-order valence-electron chi connectivity index (χ2n) is 5.58. The summed E-state index contributed by atoms with van der Waals surface area (Å²) in [6.07, 6.45) is 5.70. The number of benzene rings is 1. The van der Waals surface area contributed by atoms with Crippen molar-refractivity contribution < 1.29 is 4.65 Å². The number of hydroxylamine groups is 3. The summed E-state index contributed by atoms with van der Waals surface area (Å²) in [5.74, 6) is 0. The number of hydrogen-bond donors (Lipinski definition) is 1. The first kappa shape index (κ1) is 15.3. The molecule has 1 aromatic rings. The Bertz CT molecular complexity index is 457. The van der Waals surface area contributed by atoms with Gasteiger partial charge in [0.1, 0.15) is 6.54 Å². The minimum absolute atomic E-state index is 0.214. The number of nitrogens with zero attached hydrogens (tertiary/aromatic N) is 1. The van der Waals surface area contributed by atoms with Gasteiger partial charge in [-0.05, 0) is 53.7 Å². The number of nitrogen functional groups attached to an aromatic ring is 1. The van der Waals surface area contributed by atoms with E-state index in [1.807, 2.05) is 12.1 Å². The predicted molar refractivity (Wildman–Crippen MR) is 86.4 cm³/mol. The molecule has 1 fully saturated rings. The van der Waals surface area contributed by atoms with Crippen LogP contribution in [0.4, 0.5) is 5.69 Å². The lowest BCUT2D eigenvalue weighted by Gasteiger charge is -2.47. The summed E-state index contributed by atoms with van der Waals surface area (Å²) in [6.45, 7) is 0.439. The van der Waals surface area contributed by atoms with E-state index in [2.05, 4.69) is 31.9 Å². The van der Waals surface area contributed by atoms with Crippen molar-refractivity contribution in [2.45, 2.75) is 44.7 Å². The molecule has 0 amide bonds. The van der Waals surface area contributed by atoms with E-state index in [4.69, 9.17) is 5.73 Å². The third-order valence-electron chi connectivity index (χ3n) is 4.01. The van der Waals surface area contributed by atoms with Gasteiger partial charge in [0.05, 0.1) is 18.8 Å². The summed E-state index contributed by atoms with van der Waals surface area (Å²) in [4.78, 5) is 0. The van der Waals surface area contributed by atoms with Crippen molar-refractivity contribution in [1.82, 2.24) is 0 Å². The lowest BCUT2D eigenvalue weighted by atomic mass is 9.93. The van der Waals surface area contributed by atoms with E-state index in [9.17, 15) is 5.21 Å². The van der Waals surface area contributed by atoms with Gasteiger partial charge >= 0.3 is 0 Å². The van der Waals surface area contributed by atoms with Crippen LogP contribution in [0.2, 0.25) is 0 Å². The fourth-order valence-electron chi connectivity index (χ4n) is 2.86. The SMILES string of the molecule is C[N+]([O-])(Cc1cc(Br)cc(Br)c1N)C1CCCCC1. The first-order valence-electron chi connectivity index (χ1n) is 6.70. The van der Waals surface area contributed by atoms with E-state index >= 15 is 0 Å². The first-order valence-corrected chi connectivity index (χ1v) is 8.28. The lowest BCUT2D eigenvalue weighted by Crippen LogP contribution is -2.47. The number of anilines is 1. The van der Waals surface area contributed by atoms with E-state index in [0.29, 0.717) is 12.2 Å². The van der Waals surface area contributed by atoms with E-state index in [0.717, 1.165) is 27.4 Å². The topological polar surface area (TPSA) is 49.1 Å². The van der Waals surface area contributed by atoms with Crippen LogP contribution in [-0.2, 0) is 6.54 Å². The van der Waals surface area contributed by atoms with Crippen LogP contribution in [0, 0.1) is 5.21 Å². The Kier molecular flexibility index (Phi) is 4.93. The molecule has 19 heavy (non-hydrogen) atoms. The van der Waals surface area contributed by atoms with Crippen LogP contribution in [0.15, 0.2) is 21.1 Å². The van der Waals surface area contributed by atoms with Crippen molar-refractivity contribution in [2.24, 2.45) is 0 Å². The summed E-state index contributed by atoms with van der Waals surface area (Å²) in [5, 5.41) is 12.9. The van der Waals surface area contributed by atoms with Gasteiger partial charge in [0.2, 0.25) is 0 Å². The van der Waals surface area contributed by atoms with Gasteiger partial charge in [0.15, 0.2) is 0 Å². The van der Waals surface area contributed by atoms with E-state index in [1.54, 1.807) is 7.05 Å². The number of halogens is 2. The Morgan fingerprint density at radius 2 is 1.89 bits per heavy atom. The van der Waals surface area contributed by atoms with Crippen LogP contribution in [0.25, 0.3) is 0 Å². The molecule has 0 aliphatic heterocycles. The van der Waals surface area contributed by atoms with Gasteiger partial charge in [0, 0.05) is 14.5 Å². The summed E-state index contributed by atoms with van der Waals surface area (Å²) < 4.78 is 1.58. The van der Waals surface area contributed by atoms with E-state index in [-0.39, 0.29) is 10.7 Å². The molecule has 2 N–H and O–H groups in total. The Balaban J connectivity index is 2.19. The highest BCUT2D eigenvalue weighted by Gasteiger charge is 2.27. The number of rotatable bonds is 3. The highest BCUT2D eigenvalue weighted by atomic mass is 79.9.